The Bertz CT molecular complexity index is 1190. The molecule has 1 amide bonds. The molecule has 0 aliphatic carbocycles. The van der Waals surface area contributed by atoms with E-state index in [1.807, 2.05) is 36.4 Å². The van der Waals surface area contributed by atoms with Crippen molar-refractivity contribution in [2.75, 3.05) is 38.7 Å². The predicted molar refractivity (Wildman–Crippen MR) is 135 cm³/mol. The summed E-state index contributed by atoms with van der Waals surface area (Å²) in [7, 11) is 1.29. The summed E-state index contributed by atoms with van der Waals surface area (Å²) in [6, 6.07) is 19.9. The molecular weight excluding hydrogens is 444 g/mol. The molecule has 0 radical (unpaired) electrons. The van der Waals surface area contributed by atoms with Crippen LogP contribution < -0.4 is 5.32 Å². The van der Waals surface area contributed by atoms with E-state index in [1.54, 1.807) is 30.3 Å². The number of β-amino-alcohol motifs (C(OH)–C–C–N with tert-alkyl or cyclic N) is 1. The standard InChI is InChI=1S/C28H30N2O5/c1-35-28(34)23-9-7-22(19-5-3-2-4-6-19)18-25(23)29-27(33)24-17-21(8-10-26(24)32)20-11-13-30(14-12-20)15-16-31/h2-10,17-18,20,31-32H,11-16H2,1H3,(H,29,33). The van der Waals surface area contributed by atoms with Gasteiger partial charge in [-0.2, -0.15) is 0 Å². The van der Waals surface area contributed by atoms with Gasteiger partial charge in [-0.3, -0.25) is 4.79 Å². The third kappa shape index (κ3) is 5.70. The lowest BCUT2D eigenvalue weighted by Gasteiger charge is -2.31. The smallest absolute Gasteiger partial charge is 0.339 e. The van der Waals surface area contributed by atoms with Crippen molar-refractivity contribution in [3.63, 3.8) is 0 Å². The zero-order chi connectivity index (χ0) is 24.8. The Hall–Kier alpha value is -3.68. The molecule has 0 spiro atoms. The lowest BCUT2D eigenvalue weighted by molar-refractivity contribution is 0.0602. The van der Waals surface area contributed by atoms with E-state index >= 15 is 0 Å². The van der Waals surface area contributed by atoms with Crippen molar-refractivity contribution < 1.29 is 24.5 Å². The molecule has 35 heavy (non-hydrogen) atoms. The number of rotatable bonds is 7. The number of anilines is 1. The Morgan fingerprint density at radius 1 is 0.971 bits per heavy atom. The van der Waals surface area contributed by atoms with Gasteiger partial charge >= 0.3 is 5.97 Å². The van der Waals surface area contributed by atoms with Crippen molar-refractivity contribution in [1.29, 1.82) is 0 Å². The van der Waals surface area contributed by atoms with Crippen molar-refractivity contribution in [2.24, 2.45) is 0 Å². The molecule has 1 heterocycles. The average molecular weight is 475 g/mol. The number of ether oxygens (including phenoxy) is 1. The van der Waals surface area contributed by atoms with Crippen LogP contribution in [0.3, 0.4) is 0 Å². The van der Waals surface area contributed by atoms with E-state index in [1.165, 1.54) is 7.11 Å². The zero-order valence-corrected chi connectivity index (χ0v) is 19.7. The monoisotopic (exact) mass is 474 g/mol. The highest BCUT2D eigenvalue weighted by Crippen LogP contribution is 2.32. The number of methoxy groups -OCH3 is 1. The fraction of sp³-hybridized carbons (Fsp3) is 0.286. The molecule has 0 saturated carbocycles. The highest BCUT2D eigenvalue weighted by Gasteiger charge is 2.23. The van der Waals surface area contributed by atoms with E-state index in [0.29, 0.717) is 12.2 Å². The molecular formula is C28H30N2O5. The maximum absolute atomic E-state index is 13.3. The van der Waals surface area contributed by atoms with Crippen LogP contribution in [-0.4, -0.2) is 60.3 Å². The second-order valence-electron chi connectivity index (χ2n) is 8.69. The molecule has 1 aliphatic heterocycles. The Kier molecular flexibility index (Phi) is 7.80. The minimum Gasteiger partial charge on any atom is -0.507 e. The van der Waals surface area contributed by atoms with Gasteiger partial charge < -0.3 is 25.2 Å². The molecule has 182 valence electrons. The maximum Gasteiger partial charge on any atom is 0.339 e. The van der Waals surface area contributed by atoms with Gasteiger partial charge in [0.25, 0.3) is 5.91 Å². The normalized spacial score (nSPS) is 14.5. The highest BCUT2D eigenvalue weighted by molar-refractivity contribution is 6.09. The Morgan fingerprint density at radius 3 is 2.40 bits per heavy atom. The van der Waals surface area contributed by atoms with Crippen LogP contribution in [0.2, 0.25) is 0 Å². The number of likely N-dealkylation sites (tertiary alicyclic amines) is 1. The van der Waals surface area contributed by atoms with E-state index in [2.05, 4.69) is 10.2 Å². The van der Waals surface area contributed by atoms with Crippen molar-refractivity contribution in [2.45, 2.75) is 18.8 Å². The van der Waals surface area contributed by atoms with Crippen molar-refractivity contribution in [1.82, 2.24) is 4.90 Å². The number of esters is 1. The fourth-order valence-corrected chi connectivity index (χ4v) is 4.56. The van der Waals surface area contributed by atoms with Crippen LogP contribution in [-0.2, 0) is 4.74 Å². The molecule has 1 fully saturated rings. The minimum atomic E-state index is -0.562. The van der Waals surface area contributed by atoms with Crippen LogP contribution in [0.1, 0.15) is 45.0 Å². The summed E-state index contributed by atoms with van der Waals surface area (Å²) in [5.74, 6) is -0.920. The molecule has 3 aromatic carbocycles. The van der Waals surface area contributed by atoms with Crippen molar-refractivity contribution >= 4 is 17.6 Å². The first-order valence-corrected chi connectivity index (χ1v) is 11.8. The highest BCUT2D eigenvalue weighted by atomic mass is 16.5. The summed E-state index contributed by atoms with van der Waals surface area (Å²) in [5, 5.41) is 22.4. The van der Waals surface area contributed by atoms with Crippen LogP contribution in [0.25, 0.3) is 11.1 Å². The van der Waals surface area contributed by atoms with Gasteiger partial charge in [0, 0.05) is 6.54 Å². The molecule has 3 aromatic rings. The number of hydrogen-bond acceptors (Lipinski definition) is 6. The summed E-state index contributed by atoms with van der Waals surface area (Å²) in [5.41, 5.74) is 3.46. The third-order valence-electron chi connectivity index (χ3n) is 6.52. The second kappa shape index (κ2) is 11.2. The van der Waals surface area contributed by atoms with Gasteiger partial charge in [0.2, 0.25) is 0 Å². The van der Waals surface area contributed by atoms with Crippen LogP contribution in [0.5, 0.6) is 5.75 Å². The number of phenols is 1. The van der Waals surface area contributed by atoms with Crippen LogP contribution in [0, 0.1) is 0 Å². The first-order chi connectivity index (χ1) is 17.0. The number of hydrogen-bond donors (Lipinski definition) is 3. The molecule has 4 rings (SSSR count). The molecule has 0 unspecified atom stereocenters. The first kappa shape index (κ1) is 24.4. The van der Waals surface area contributed by atoms with Crippen LogP contribution >= 0.6 is 0 Å². The molecule has 0 bridgehead atoms. The second-order valence-corrected chi connectivity index (χ2v) is 8.69. The van der Waals surface area contributed by atoms with Crippen LogP contribution in [0.4, 0.5) is 5.69 Å². The largest absolute Gasteiger partial charge is 0.507 e. The molecule has 0 atom stereocenters. The number of nitrogens with one attached hydrogen (secondary N) is 1. The maximum atomic E-state index is 13.3. The van der Waals surface area contributed by atoms with Gasteiger partial charge in [-0.05, 0) is 72.8 Å². The number of carbonyl (C=O) groups is 2. The number of aliphatic hydroxyl groups is 1. The van der Waals surface area contributed by atoms with Gasteiger partial charge in [0.05, 0.1) is 30.5 Å². The number of piperidine rings is 1. The third-order valence-corrected chi connectivity index (χ3v) is 6.52. The zero-order valence-electron chi connectivity index (χ0n) is 19.7. The van der Waals surface area contributed by atoms with Crippen molar-refractivity contribution in [3.8, 4) is 16.9 Å². The Morgan fingerprint density at radius 2 is 1.71 bits per heavy atom. The summed E-state index contributed by atoms with van der Waals surface area (Å²) in [6.45, 7) is 2.57. The van der Waals surface area contributed by atoms with E-state index in [9.17, 15) is 14.7 Å². The van der Waals surface area contributed by atoms with Gasteiger partial charge in [-0.15, -0.1) is 0 Å². The van der Waals surface area contributed by atoms with E-state index in [4.69, 9.17) is 9.84 Å². The summed E-state index contributed by atoms with van der Waals surface area (Å²) in [6.07, 6.45) is 1.83. The van der Waals surface area contributed by atoms with E-state index in [0.717, 1.165) is 42.6 Å². The van der Waals surface area contributed by atoms with E-state index < -0.39 is 11.9 Å². The minimum absolute atomic E-state index is 0.122. The van der Waals surface area contributed by atoms with Crippen LogP contribution in [0.15, 0.2) is 66.7 Å². The molecule has 7 nitrogen and oxygen atoms in total. The summed E-state index contributed by atoms with van der Waals surface area (Å²) >= 11 is 0. The Labute approximate surface area is 205 Å². The summed E-state index contributed by atoms with van der Waals surface area (Å²) in [4.78, 5) is 27.8. The molecule has 1 saturated heterocycles. The molecule has 3 N–H and O–H groups in total. The number of amides is 1. The Balaban J connectivity index is 1.59. The number of benzene rings is 3. The quantitative estimate of drug-likeness (QED) is 0.443. The van der Waals surface area contributed by atoms with Gasteiger partial charge in [-0.1, -0.05) is 42.5 Å². The SMILES string of the molecule is COC(=O)c1ccc(-c2ccccc2)cc1NC(=O)c1cc(C2CCN(CCO)CC2)ccc1O. The number of aromatic hydroxyl groups is 1. The fourth-order valence-electron chi connectivity index (χ4n) is 4.56. The van der Waals surface area contributed by atoms with Gasteiger partial charge in [-0.25, -0.2) is 4.79 Å². The van der Waals surface area contributed by atoms with Gasteiger partial charge in [0.15, 0.2) is 0 Å². The molecule has 1 aliphatic rings. The molecule has 0 aromatic heterocycles. The number of carbonyl (C=O) groups excluding carboxylic acids is 2. The average Bonchev–Trinajstić information content (AvgIpc) is 2.89. The lowest BCUT2D eigenvalue weighted by atomic mass is 9.88. The molecule has 7 heteroatoms. The summed E-state index contributed by atoms with van der Waals surface area (Å²) < 4.78 is 4.90. The number of phenolic OH excluding ortho intramolecular Hbond substituents is 1. The van der Waals surface area contributed by atoms with Gasteiger partial charge in [0.1, 0.15) is 5.75 Å². The van der Waals surface area contributed by atoms with E-state index in [-0.39, 0.29) is 29.4 Å². The first-order valence-electron chi connectivity index (χ1n) is 11.8. The lowest BCUT2D eigenvalue weighted by Crippen LogP contribution is -2.35. The topological polar surface area (TPSA) is 99.1 Å². The van der Waals surface area contributed by atoms with Crippen molar-refractivity contribution in [3.05, 3.63) is 83.4 Å². The number of nitrogens with zero attached hydrogens (tertiary/aromatic N) is 1. The predicted octanol–water partition coefficient (Wildman–Crippen LogP) is 4.27. The number of aliphatic hydroxyl groups excluding tert-OH is 1.